The molecule has 0 saturated carbocycles. The van der Waals surface area contributed by atoms with Crippen molar-refractivity contribution in [1.29, 1.82) is 0 Å². The van der Waals surface area contributed by atoms with E-state index in [4.69, 9.17) is 4.74 Å². The van der Waals surface area contributed by atoms with Gasteiger partial charge in [-0.1, -0.05) is 0 Å². The lowest BCUT2D eigenvalue weighted by atomic mass is 9.87. The molecule has 2 saturated heterocycles. The molecule has 1 amide bonds. The van der Waals surface area contributed by atoms with E-state index in [1.165, 1.54) is 0 Å². The maximum absolute atomic E-state index is 12.9. The number of rotatable bonds is 5. The Kier molecular flexibility index (Phi) is 5.63. The van der Waals surface area contributed by atoms with Crippen molar-refractivity contribution in [2.45, 2.75) is 44.9 Å². The number of aromatic nitrogens is 5. The van der Waals surface area contributed by atoms with E-state index in [2.05, 4.69) is 25.1 Å². The topological polar surface area (TPSA) is 89.3 Å². The van der Waals surface area contributed by atoms with Crippen LogP contribution in [0.3, 0.4) is 0 Å². The number of carbonyl (C=O) groups excluding carboxylic acids is 1. The molecule has 0 unspecified atom stereocenters. The zero-order valence-electron chi connectivity index (χ0n) is 16.3. The lowest BCUT2D eigenvalue weighted by molar-refractivity contribution is -0.136. The molecule has 1 spiro atoms. The Morgan fingerprint density at radius 1 is 1.07 bits per heavy atom. The first-order chi connectivity index (χ1) is 13.6. The van der Waals surface area contributed by atoms with Gasteiger partial charge in [-0.3, -0.25) is 14.8 Å². The van der Waals surface area contributed by atoms with Gasteiger partial charge in [0.1, 0.15) is 12.7 Å². The van der Waals surface area contributed by atoms with E-state index in [1.807, 2.05) is 16.4 Å². The molecule has 0 atom stereocenters. The average molecular weight is 385 g/mol. The number of nitrogens with zero attached hydrogens (tertiary/aromatic N) is 7. The number of carbonyl (C=O) groups is 1. The normalized spacial score (nSPS) is 20.5. The van der Waals surface area contributed by atoms with Crippen molar-refractivity contribution in [3.8, 4) is 0 Å². The second-order valence-corrected chi connectivity index (χ2v) is 7.71. The molecule has 4 heterocycles. The molecule has 2 aromatic heterocycles. The van der Waals surface area contributed by atoms with Gasteiger partial charge in [0, 0.05) is 38.9 Å². The van der Waals surface area contributed by atoms with Crippen LogP contribution in [0.2, 0.25) is 0 Å². The van der Waals surface area contributed by atoms with Crippen molar-refractivity contribution < 1.29 is 9.53 Å². The maximum Gasteiger partial charge on any atom is 0.225 e. The largest absolute Gasteiger partial charge is 0.373 e. The summed E-state index contributed by atoms with van der Waals surface area (Å²) in [5, 5.41) is 7.68. The van der Waals surface area contributed by atoms with E-state index in [9.17, 15) is 4.79 Å². The van der Waals surface area contributed by atoms with Crippen molar-refractivity contribution in [2.24, 2.45) is 0 Å². The molecule has 2 aliphatic rings. The third-order valence-electron chi connectivity index (χ3n) is 5.69. The van der Waals surface area contributed by atoms with Gasteiger partial charge >= 0.3 is 0 Å². The van der Waals surface area contributed by atoms with Crippen molar-refractivity contribution in [3.05, 3.63) is 36.4 Å². The van der Waals surface area contributed by atoms with E-state index < -0.39 is 0 Å². The van der Waals surface area contributed by atoms with Gasteiger partial charge in [-0.15, -0.1) is 10.2 Å². The van der Waals surface area contributed by atoms with Crippen molar-refractivity contribution in [3.63, 3.8) is 0 Å². The van der Waals surface area contributed by atoms with E-state index in [1.54, 1.807) is 25.0 Å². The van der Waals surface area contributed by atoms with Crippen LogP contribution in [0.1, 0.15) is 30.7 Å². The highest BCUT2D eigenvalue weighted by atomic mass is 16.5. The molecule has 0 aliphatic carbocycles. The summed E-state index contributed by atoms with van der Waals surface area (Å²) in [5.41, 5.74) is 1.38. The van der Waals surface area contributed by atoms with E-state index in [-0.39, 0.29) is 11.5 Å². The minimum absolute atomic E-state index is 0.151. The summed E-state index contributed by atoms with van der Waals surface area (Å²) in [6.45, 7) is 7.31. The molecule has 0 bridgehead atoms. The molecular weight excluding hydrogens is 358 g/mol. The maximum atomic E-state index is 12.9. The number of likely N-dealkylation sites (tertiary alicyclic amines) is 1. The predicted octanol–water partition coefficient (Wildman–Crippen LogP) is 0.660. The Labute approximate surface area is 164 Å². The zero-order chi connectivity index (χ0) is 19.4. The predicted molar refractivity (Wildman–Crippen MR) is 101 cm³/mol. The summed E-state index contributed by atoms with van der Waals surface area (Å²) in [6, 6.07) is 0. The van der Waals surface area contributed by atoms with Crippen molar-refractivity contribution >= 4 is 5.91 Å². The van der Waals surface area contributed by atoms with E-state index in [0.717, 1.165) is 50.4 Å². The average Bonchev–Trinajstić information content (AvgIpc) is 3.17. The van der Waals surface area contributed by atoms with Gasteiger partial charge in [-0.2, -0.15) is 0 Å². The zero-order valence-corrected chi connectivity index (χ0v) is 16.3. The molecule has 9 nitrogen and oxygen atoms in total. The van der Waals surface area contributed by atoms with Gasteiger partial charge in [0.2, 0.25) is 5.91 Å². The molecule has 0 radical (unpaired) electrons. The van der Waals surface area contributed by atoms with Crippen LogP contribution in [0.4, 0.5) is 0 Å². The minimum Gasteiger partial charge on any atom is -0.373 e. The van der Waals surface area contributed by atoms with Crippen LogP contribution in [-0.2, 0) is 22.6 Å². The summed E-state index contributed by atoms with van der Waals surface area (Å²) in [6.07, 6.45) is 9.20. The standard InChI is InChI=1S/C19H27N7O2/c1-16-11-21-17(12-20-16)13-26-8-9-28-19(10-18(26)27)2-4-24(5-3-19)6-7-25-14-22-23-15-25/h11-12,14-15H,2-10,13H2,1H3. The van der Waals surface area contributed by atoms with Crippen LogP contribution in [0.25, 0.3) is 0 Å². The van der Waals surface area contributed by atoms with Crippen molar-refractivity contribution in [2.75, 3.05) is 32.8 Å². The fourth-order valence-corrected chi connectivity index (χ4v) is 3.90. The van der Waals surface area contributed by atoms with Gasteiger partial charge in [0.25, 0.3) is 0 Å². The summed E-state index contributed by atoms with van der Waals surface area (Å²) >= 11 is 0. The number of piperidine rings is 1. The number of amides is 1. The lowest BCUT2D eigenvalue weighted by Crippen LogP contribution is -2.47. The first-order valence-corrected chi connectivity index (χ1v) is 9.86. The first kappa shape index (κ1) is 18.9. The minimum atomic E-state index is -0.322. The fraction of sp³-hybridized carbons (Fsp3) is 0.632. The van der Waals surface area contributed by atoms with Gasteiger partial charge in [0.05, 0.1) is 42.8 Å². The lowest BCUT2D eigenvalue weighted by Gasteiger charge is -2.40. The molecule has 0 N–H and O–H groups in total. The summed E-state index contributed by atoms with van der Waals surface area (Å²) in [4.78, 5) is 25.8. The molecule has 2 aromatic rings. The molecule has 0 aromatic carbocycles. The molecule has 4 rings (SSSR count). The second-order valence-electron chi connectivity index (χ2n) is 7.71. The highest BCUT2D eigenvalue weighted by Crippen LogP contribution is 2.32. The summed E-state index contributed by atoms with van der Waals surface area (Å²) < 4.78 is 8.23. The van der Waals surface area contributed by atoms with Crippen LogP contribution in [0.5, 0.6) is 0 Å². The highest BCUT2D eigenvalue weighted by Gasteiger charge is 2.40. The van der Waals surface area contributed by atoms with Crippen LogP contribution in [-0.4, -0.2) is 78.8 Å². The van der Waals surface area contributed by atoms with Crippen molar-refractivity contribution in [1.82, 2.24) is 34.5 Å². The fourth-order valence-electron chi connectivity index (χ4n) is 3.90. The van der Waals surface area contributed by atoms with Gasteiger partial charge in [-0.05, 0) is 19.8 Å². The highest BCUT2D eigenvalue weighted by molar-refractivity contribution is 5.77. The number of ether oxygens (including phenoxy) is 1. The third kappa shape index (κ3) is 4.53. The van der Waals surface area contributed by atoms with E-state index in [0.29, 0.717) is 26.1 Å². The third-order valence-corrected chi connectivity index (χ3v) is 5.69. The van der Waals surface area contributed by atoms with Crippen LogP contribution in [0.15, 0.2) is 25.0 Å². The quantitative estimate of drug-likeness (QED) is 0.747. The Hall–Kier alpha value is -2.39. The Morgan fingerprint density at radius 2 is 1.86 bits per heavy atom. The van der Waals surface area contributed by atoms with Crippen LogP contribution < -0.4 is 0 Å². The molecule has 2 fully saturated rings. The Bertz CT molecular complexity index is 770. The molecule has 2 aliphatic heterocycles. The molecule has 28 heavy (non-hydrogen) atoms. The van der Waals surface area contributed by atoms with Crippen LogP contribution >= 0.6 is 0 Å². The van der Waals surface area contributed by atoms with Gasteiger partial charge in [-0.25, -0.2) is 0 Å². The SMILES string of the molecule is Cc1cnc(CN2CCOC3(CCN(CCn4cnnc4)CC3)CC2=O)cn1. The first-order valence-electron chi connectivity index (χ1n) is 9.86. The van der Waals surface area contributed by atoms with E-state index >= 15 is 0 Å². The molecule has 150 valence electrons. The number of hydrogen-bond donors (Lipinski definition) is 0. The Morgan fingerprint density at radius 3 is 2.57 bits per heavy atom. The summed E-state index contributed by atoms with van der Waals surface area (Å²) in [7, 11) is 0. The second kappa shape index (κ2) is 8.32. The van der Waals surface area contributed by atoms with Gasteiger partial charge < -0.3 is 19.1 Å². The monoisotopic (exact) mass is 385 g/mol. The molecular formula is C19H27N7O2. The smallest absolute Gasteiger partial charge is 0.225 e. The van der Waals surface area contributed by atoms with Gasteiger partial charge in [0.15, 0.2) is 0 Å². The number of hydrogen-bond acceptors (Lipinski definition) is 7. The molecule has 9 heteroatoms. The Balaban J connectivity index is 1.30. The number of aryl methyl sites for hydroxylation is 1. The summed E-state index contributed by atoms with van der Waals surface area (Å²) in [5.74, 6) is 0.151. The van der Waals surface area contributed by atoms with Crippen LogP contribution in [0, 0.1) is 6.92 Å².